The molecule has 1 aromatic heterocycles. The predicted molar refractivity (Wildman–Crippen MR) is 43.6 cm³/mol. The van der Waals surface area contributed by atoms with Gasteiger partial charge in [-0.15, -0.1) is 10.2 Å². The number of amides is 1. The van der Waals surface area contributed by atoms with Gasteiger partial charge in [0.1, 0.15) is 12.1 Å². The molecule has 0 saturated heterocycles. The van der Waals surface area contributed by atoms with Gasteiger partial charge in [-0.2, -0.15) is 5.48 Å². The number of hydrogen-bond donors (Lipinski definition) is 2. The van der Waals surface area contributed by atoms with Crippen LogP contribution in [-0.4, -0.2) is 29.8 Å². The number of carbonyl (C=O) groups excluding carboxylic acids is 1. The molecule has 0 fully saturated rings. The maximum Gasteiger partial charge on any atom is 0.242 e. The van der Waals surface area contributed by atoms with E-state index < -0.39 is 0 Å². The highest BCUT2D eigenvalue weighted by atomic mass is 32.1. The van der Waals surface area contributed by atoms with Crippen LogP contribution in [0.25, 0.3) is 0 Å². The van der Waals surface area contributed by atoms with Crippen LogP contribution >= 0.6 is 11.3 Å². The van der Waals surface area contributed by atoms with Crippen LogP contribution in [0.3, 0.4) is 0 Å². The zero-order valence-electron chi connectivity index (χ0n) is 6.40. The van der Waals surface area contributed by atoms with Gasteiger partial charge in [-0.25, -0.2) is 0 Å². The first-order chi connectivity index (χ1) is 5.83. The number of hydroxylamine groups is 1. The van der Waals surface area contributed by atoms with E-state index in [0.29, 0.717) is 5.13 Å². The molecule has 0 aliphatic rings. The molecule has 0 aliphatic heterocycles. The number of nitrogens with one attached hydrogen (secondary N) is 2. The van der Waals surface area contributed by atoms with E-state index in [0.717, 1.165) is 0 Å². The van der Waals surface area contributed by atoms with Crippen molar-refractivity contribution >= 4 is 22.4 Å². The fraction of sp³-hybridized carbons (Fsp3) is 0.400. The molecule has 0 radical (unpaired) electrons. The second-order valence-electron chi connectivity index (χ2n) is 1.82. The van der Waals surface area contributed by atoms with Crippen molar-refractivity contribution in [1.29, 1.82) is 0 Å². The summed E-state index contributed by atoms with van der Waals surface area (Å²) < 4.78 is 0. The lowest BCUT2D eigenvalue weighted by Crippen LogP contribution is -2.27. The van der Waals surface area contributed by atoms with Gasteiger partial charge < -0.3 is 4.84 Å². The van der Waals surface area contributed by atoms with E-state index in [-0.39, 0.29) is 12.5 Å². The van der Waals surface area contributed by atoms with Crippen molar-refractivity contribution in [1.82, 2.24) is 15.7 Å². The summed E-state index contributed by atoms with van der Waals surface area (Å²) in [4.78, 5) is 15.4. The largest absolute Gasteiger partial charge is 0.305 e. The highest BCUT2D eigenvalue weighted by molar-refractivity contribution is 7.13. The Morgan fingerprint density at radius 2 is 2.67 bits per heavy atom. The lowest BCUT2D eigenvalue weighted by molar-refractivity contribution is -0.117. The summed E-state index contributed by atoms with van der Waals surface area (Å²) in [6.45, 7) is 0.0933. The van der Waals surface area contributed by atoms with Crippen molar-refractivity contribution in [2.75, 3.05) is 19.0 Å². The van der Waals surface area contributed by atoms with Crippen LogP contribution in [-0.2, 0) is 9.63 Å². The summed E-state index contributed by atoms with van der Waals surface area (Å²) in [6.07, 6.45) is 0. The molecule has 0 aliphatic carbocycles. The third-order valence-corrected chi connectivity index (χ3v) is 1.59. The third-order valence-electron chi connectivity index (χ3n) is 0.983. The number of nitrogens with zero attached hydrogens (tertiary/aromatic N) is 2. The number of hydrogen-bond acceptors (Lipinski definition) is 6. The highest BCUT2D eigenvalue weighted by Gasteiger charge is 2.02. The second kappa shape index (κ2) is 4.75. The lowest BCUT2D eigenvalue weighted by Gasteiger charge is -2.00. The molecule has 7 heteroatoms. The van der Waals surface area contributed by atoms with E-state index >= 15 is 0 Å². The van der Waals surface area contributed by atoms with Gasteiger partial charge in [0.25, 0.3) is 0 Å². The average molecular weight is 188 g/mol. The molecule has 0 spiro atoms. The van der Waals surface area contributed by atoms with Gasteiger partial charge in [0.15, 0.2) is 0 Å². The van der Waals surface area contributed by atoms with Crippen LogP contribution in [0.1, 0.15) is 0 Å². The molecular weight excluding hydrogens is 180 g/mol. The van der Waals surface area contributed by atoms with Crippen molar-refractivity contribution in [3.63, 3.8) is 0 Å². The van der Waals surface area contributed by atoms with Crippen LogP contribution < -0.4 is 10.8 Å². The normalized spacial score (nSPS) is 9.75. The summed E-state index contributed by atoms with van der Waals surface area (Å²) in [7, 11) is 1.44. The highest BCUT2D eigenvalue weighted by Crippen LogP contribution is 2.06. The average Bonchev–Trinajstić information content (AvgIpc) is 2.53. The van der Waals surface area contributed by atoms with Crippen LogP contribution in [0.5, 0.6) is 0 Å². The Hall–Kier alpha value is -1.05. The van der Waals surface area contributed by atoms with Crippen molar-refractivity contribution < 1.29 is 9.63 Å². The minimum absolute atomic E-state index is 0.0933. The molecule has 6 nitrogen and oxygen atoms in total. The van der Waals surface area contributed by atoms with E-state index in [4.69, 9.17) is 0 Å². The van der Waals surface area contributed by atoms with Gasteiger partial charge >= 0.3 is 0 Å². The van der Waals surface area contributed by atoms with E-state index in [1.165, 1.54) is 18.4 Å². The summed E-state index contributed by atoms with van der Waals surface area (Å²) in [6, 6.07) is 0. The summed E-state index contributed by atoms with van der Waals surface area (Å²) in [5.74, 6) is -0.214. The maximum absolute atomic E-state index is 11.0. The molecule has 1 aromatic rings. The van der Waals surface area contributed by atoms with Crippen LogP contribution in [0.2, 0.25) is 0 Å². The summed E-state index contributed by atoms with van der Waals surface area (Å²) >= 11 is 1.26. The molecule has 0 saturated carbocycles. The summed E-state index contributed by atoms with van der Waals surface area (Å²) in [5.41, 5.74) is 3.95. The predicted octanol–water partition coefficient (Wildman–Crippen LogP) is -0.372. The molecule has 12 heavy (non-hydrogen) atoms. The van der Waals surface area contributed by atoms with Crippen LogP contribution in [0, 0.1) is 0 Å². The van der Waals surface area contributed by atoms with Gasteiger partial charge in [-0.05, 0) is 0 Å². The Morgan fingerprint density at radius 3 is 3.25 bits per heavy atom. The maximum atomic E-state index is 11.0. The molecule has 1 amide bonds. The molecular formula is C5H8N4O2S. The van der Waals surface area contributed by atoms with E-state index in [2.05, 4.69) is 25.8 Å². The minimum Gasteiger partial charge on any atom is -0.305 e. The van der Waals surface area contributed by atoms with Gasteiger partial charge in [0.05, 0.1) is 7.11 Å². The molecule has 0 unspecified atom stereocenters. The van der Waals surface area contributed by atoms with Crippen molar-refractivity contribution in [2.45, 2.75) is 0 Å². The first kappa shape index (κ1) is 9.04. The van der Waals surface area contributed by atoms with Gasteiger partial charge in [-0.1, -0.05) is 11.3 Å². The van der Waals surface area contributed by atoms with E-state index in [1.54, 1.807) is 5.51 Å². The Bertz CT molecular complexity index is 238. The van der Waals surface area contributed by atoms with Crippen molar-refractivity contribution in [3.05, 3.63) is 5.51 Å². The van der Waals surface area contributed by atoms with Crippen molar-refractivity contribution in [3.8, 4) is 0 Å². The molecule has 0 atom stereocenters. The fourth-order valence-electron chi connectivity index (χ4n) is 0.529. The second-order valence-corrected chi connectivity index (χ2v) is 2.65. The van der Waals surface area contributed by atoms with Gasteiger partial charge in [0, 0.05) is 0 Å². The quantitative estimate of drug-likeness (QED) is 0.630. The first-order valence-corrected chi connectivity index (χ1v) is 4.02. The molecule has 1 rings (SSSR count). The topological polar surface area (TPSA) is 76.1 Å². The molecule has 2 N–H and O–H groups in total. The zero-order chi connectivity index (χ0) is 8.81. The SMILES string of the molecule is CONCC(=O)Nc1nncs1. The Balaban J connectivity index is 2.27. The van der Waals surface area contributed by atoms with Crippen LogP contribution in [0.4, 0.5) is 5.13 Å². The molecule has 0 aromatic carbocycles. The standard InChI is InChI=1S/C5H8N4O2S/c1-11-7-2-4(10)8-5-9-6-3-12-5/h3,7H,2H2,1H3,(H,8,9,10). The van der Waals surface area contributed by atoms with Gasteiger partial charge in [-0.3, -0.25) is 10.1 Å². The number of carbonyl (C=O) groups is 1. The third kappa shape index (κ3) is 2.91. The Kier molecular flexibility index (Phi) is 3.58. The molecule has 1 heterocycles. The molecule has 66 valence electrons. The minimum atomic E-state index is -0.214. The van der Waals surface area contributed by atoms with Gasteiger partial charge in [0.2, 0.25) is 11.0 Å². The number of rotatable bonds is 4. The lowest BCUT2D eigenvalue weighted by atomic mass is 10.6. The zero-order valence-corrected chi connectivity index (χ0v) is 7.22. The monoisotopic (exact) mass is 188 g/mol. The number of anilines is 1. The first-order valence-electron chi connectivity index (χ1n) is 3.15. The smallest absolute Gasteiger partial charge is 0.242 e. The van der Waals surface area contributed by atoms with Crippen molar-refractivity contribution in [2.24, 2.45) is 0 Å². The Labute approximate surface area is 72.9 Å². The Morgan fingerprint density at radius 1 is 1.83 bits per heavy atom. The number of aromatic nitrogens is 2. The van der Waals surface area contributed by atoms with E-state index in [9.17, 15) is 4.79 Å². The fourth-order valence-corrected chi connectivity index (χ4v) is 0.990. The molecule has 0 bridgehead atoms. The van der Waals surface area contributed by atoms with E-state index in [1.807, 2.05) is 0 Å². The summed E-state index contributed by atoms with van der Waals surface area (Å²) in [5, 5.41) is 10.2. The van der Waals surface area contributed by atoms with Crippen LogP contribution in [0.15, 0.2) is 5.51 Å².